The van der Waals surface area contributed by atoms with Crippen LogP contribution >= 0.6 is 0 Å². The van der Waals surface area contributed by atoms with E-state index in [1.165, 1.54) is 50.8 Å². The third kappa shape index (κ3) is 3.93. The lowest BCUT2D eigenvalue weighted by atomic mass is 9.94. The zero-order chi connectivity index (χ0) is 16.2. The van der Waals surface area contributed by atoms with Gasteiger partial charge in [-0.15, -0.1) is 0 Å². The van der Waals surface area contributed by atoms with Gasteiger partial charge in [0.05, 0.1) is 0 Å². The number of nitrogens with one attached hydrogen (secondary N) is 1. The van der Waals surface area contributed by atoms with Crippen LogP contribution in [0.3, 0.4) is 0 Å². The van der Waals surface area contributed by atoms with Crippen molar-refractivity contribution in [3.05, 3.63) is 29.8 Å². The SMILES string of the molecule is c1cc(O[C@]23CCCN(CC2)C3)ccc1CNCC1CCOCC1. The van der Waals surface area contributed by atoms with Crippen molar-refractivity contribution in [3.8, 4) is 5.75 Å². The van der Waals surface area contributed by atoms with E-state index in [-0.39, 0.29) is 5.60 Å². The maximum absolute atomic E-state index is 6.41. The van der Waals surface area contributed by atoms with Gasteiger partial charge in [0.1, 0.15) is 11.4 Å². The Morgan fingerprint density at radius 1 is 1.12 bits per heavy atom. The highest BCUT2D eigenvalue weighted by molar-refractivity contribution is 5.28. The first-order valence-electron chi connectivity index (χ1n) is 9.60. The van der Waals surface area contributed by atoms with Crippen LogP contribution in [-0.2, 0) is 11.3 Å². The number of hydrogen-bond donors (Lipinski definition) is 1. The highest BCUT2D eigenvalue weighted by Gasteiger charge is 2.42. The number of nitrogens with zero attached hydrogens (tertiary/aromatic N) is 1. The molecule has 0 amide bonds. The zero-order valence-corrected chi connectivity index (χ0v) is 14.6. The Morgan fingerprint density at radius 2 is 1.96 bits per heavy atom. The fourth-order valence-corrected chi connectivity index (χ4v) is 4.38. The zero-order valence-electron chi connectivity index (χ0n) is 14.6. The van der Waals surface area contributed by atoms with Gasteiger partial charge in [-0.2, -0.15) is 0 Å². The molecule has 132 valence electrons. The first-order chi connectivity index (χ1) is 11.8. The molecule has 1 N–H and O–H groups in total. The molecule has 0 spiro atoms. The maximum atomic E-state index is 6.41. The van der Waals surface area contributed by atoms with Gasteiger partial charge in [0.2, 0.25) is 0 Å². The van der Waals surface area contributed by atoms with Crippen molar-refractivity contribution in [2.75, 3.05) is 39.4 Å². The summed E-state index contributed by atoms with van der Waals surface area (Å²) < 4.78 is 11.8. The molecule has 3 fully saturated rings. The van der Waals surface area contributed by atoms with E-state index in [9.17, 15) is 0 Å². The van der Waals surface area contributed by atoms with Crippen LogP contribution in [0.2, 0.25) is 0 Å². The van der Waals surface area contributed by atoms with Gasteiger partial charge in [-0.25, -0.2) is 0 Å². The molecule has 4 nitrogen and oxygen atoms in total. The summed E-state index contributed by atoms with van der Waals surface area (Å²) in [5, 5.41) is 3.59. The topological polar surface area (TPSA) is 33.7 Å². The van der Waals surface area contributed by atoms with Crippen molar-refractivity contribution < 1.29 is 9.47 Å². The second-order valence-corrected chi connectivity index (χ2v) is 7.75. The summed E-state index contributed by atoms with van der Waals surface area (Å²) in [5.41, 5.74) is 1.42. The van der Waals surface area contributed by atoms with E-state index in [2.05, 4.69) is 34.5 Å². The van der Waals surface area contributed by atoms with Gasteiger partial charge >= 0.3 is 0 Å². The van der Waals surface area contributed by atoms with Crippen molar-refractivity contribution in [1.29, 1.82) is 0 Å². The normalized spacial score (nSPS) is 30.4. The molecule has 0 radical (unpaired) electrons. The van der Waals surface area contributed by atoms with E-state index in [0.717, 1.165) is 44.5 Å². The summed E-state index contributed by atoms with van der Waals surface area (Å²) in [5.74, 6) is 1.81. The second-order valence-electron chi connectivity index (χ2n) is 7.75. The smallest absolute Gasteiger partial charge is 0.123 e. The lowest BCUT2D eigenvalue weighted by Gasteiger charge is -2.34. The molecule has 3 heterocycles. The highest BCUT2D eigenvalue weighted by Crippen LogP contribution is 2.35. The molecule has 1 aromatic rings. The molecule has 0 saturated carbocycles. The third-order valence-electron chi connectivity index (χ3n) is 5.86. The molecule has 2 atom stereocenters. The number of rotatable bonds is 6. The minimum absolute atomic E-state index is 0.0844. The molecule has 2 bridgehead atoms. The largest absolute Gasteiger partial charge is 0.486 e. The van der Waals surface area contributed by atoms with Crippen LogP contribution in [0.4, 0.5) is 0 Å². The molecule has 3 aliphatic heterocycles. The average molecular weight is 330 g/mol. The van der Waals surface area contributed by atoms with Crippen LogP contribution in [0.1, 0.15) is 37.7 Å². The number of hydrogen-bond acceptors (Lipinski definition) is 4. The predicted molar refractivity (Wildman–Crippen MR) is 95.3 cm³/mol. The van der Waals surface area contributed by atoms with Gasteiger partial charge in [-0.05, 0) is 62.4 Å². The number of benzene rings is 1. The minimum atomic E-state index is 0.0844. The van der Waals surface area contributed by atoms with Crippen molar-refractivity contribution in [1.82, 2.24) is 10.2 Å². The van der Waals surface area contributed by atoms with Crippen LogP contribution in [-0.4, -0.2) is 49.9 Å². The molecule has 24 heavy (non-hydrogen) atoms. The third-order valence-corrected chi connectivity index (χ3v) is 5.86. The van der Waals surface area contributed by atoms with Crippen LogP contribution in [0.15, 0.2) is 24.3 Å². The number of piperidine rings is 1. The quantitative estimate of drug-likeness (QED) is 0.870. The van der Waals surface area contributed by atoms with Gasteiger partial charge in [0.25, 0.3) is 0 Å². The Bertz CT molecular complexity index is 523. The number of fused-ring (bicyclic) bond motifs is 2. The van der Waals surface area contributed by atoms with E-state index < -0.39 is 0 Å². The molecule has 3 saturated heterocycles. The first-order valence-corrected chi connectivity index (χ1v) is 9.60. The summed E-state index contributed by atoms with van der Waals surface area (Å²) in [4.78, 5) is 2.54. The average Bonchev–Trinajstić information content (AvgIpc) is 2.91. The van der Waals surface area contributed by atoms with Gasteiger partial charge in [0, 0.05) is 39.3 Å². The van der Waals surface area contributed by atoms with Gasteiger partial charge in [-0.1, -0.05) is 12.1 Å². The standard InChI is InChI=1S/C20H30N2O2/c1-8-20(9-11-22(10-1)16-20)24-19-4-2-17(3-5-19)14-21-15-18-6-12-23-13-7-18/h2-5,18,21H,1,6-16H2/t20-/m1/s1. The molecule has 0 aromatic heterocycles. The summed E-state index contributed by atoms with van der Waals surface area (Å²) in [6.07, 6.45) is 6.05. The van der Waals surface area contributed by atoms with E-state index in [0.29, 0.717) is 0 Å². The Kier molecular flexibility index (Phi) is 5.06. The van der Waals surface area contributed by atoms with Gasteiger partial charge in [0.15, 0.2) is 0 Å². The molecule has 4 heteroatoms. The summed E-state index contributed by atoms with van der Waals surface area (Å²) >= 11 is 0. The lowest BCUT2D eigenvalue weighted by Crippen LogP contribution is -2.43. The Balaban J connectivity index is 1.25. The first kappa shape index (κ1) is 16.4. The molecule has 1 unspecified atom stereocenters. The highest BCUT2D eigenvalue weighted by atomic mass is 16.5. The minimum Gasteiger partial charge on any atom is -0.486 e. The van der Waals surface area contributed by atoms with Gasteiger partial charge in [-0.3, -0.25) is 4.90 Å². The fraction of sp³-hybridized carbons (Fsp3) is 0.700. The molecular weight excluding hydrogens is 300 g/mol. The maximum Gasteiger partial charge on any atom is 0.123 e. The monoisotopic (exact) mass is 330 g/mol. The fourth-order valence-electron chi connectivity index (χ4n) is 4.38. The second kappa shape index (κ2) is 7.42. The predicted octanol–water partition coefficient (Wildman–Crippen LogP) is 2.82. The molecule has 0 aliphatic carbocycles. The number of ether oxygens (including phenoxy) is 2. The van der Waals surface area contributed by atoms with E-state index >= 15 is 0 Å². The van der Waals surface area contributed by atoms with Gasteiger partial charge < -0.3 is 14.8 Å². The van der Waals surface area contributed by atoms with Crippen molar-refractivity contribution in [3.63, 3.8) is 0 Å². The van der Waals surface area contributed by atoms with Crippen molar-refractivity contribution >= 4 is 0 Å². The van der Waals surface area contributed by atoms with Crippen LogP contribution in [0.25, 0.3) is 0 Å². The van der Waals surface area contributed by atoms with E-state index in [1.807, 2.05) is 0 Å². The Labute approximate surface area is 145 Å². The molecule has 4 rings (SSSR count). The molecular formula is C20H30N2O2. The lowest BCUT2D eigenvalue weighted by molar-refractivity contribution is 0.0453. The summed E-state index contributed by atoms with van der Waals surface area (Å²) in [6.45, 7) is 7.46. The Morgan fingerprint density at radius 3 is 2.79 bits per heavy atom. The van der Waals surface area contributed by atoms with Crippen molar-refractivity contribution in [2.24, 2.45) is 5.92 Å². The van der Waals surface area contributed by atoms with E-state index in [4.69, 9.17) is 9.47 Å². The van der Waals surface area contributed by atoms with Crippen molar-refractivity contribution in [2.45, 2.75) is 44.2 Å². The van der Waals surface area contributed by atoms with Crippen LogP contribution < -0.4 is 10.1 Å². The van der Waals surface area contributed by atoms with Crippen LogP contribution in [0.5, 0.6) is 5.75 Å². The molecule has 1 aromatic carbocycles. The summed E-state index contributed by atoms with van der Waals surface area (Å²) in [6, 6.07) is 8.71. The van der Waals surface area contributed by atoms with E-state index in [1.54, 1.807) is 0 Å². The van der Waals surface area contributed by atoms with Crippen LogP contribution in [0, 0.1) is 5.92 Å². The Hall–Kier alpha value is -1.10. The molecule has 3 aliphatic rings. The summed E-state index contributed by atoms with van der Waals surface area (Å²) in [7, 11) is 0.